The monoisotopic (exact) mass is 351 g/mol. The molecular weight excluding hydrogens is 322 g/mol. The summed E-state index contributed by atoms with van der Waals surface area (Å²) in [5.74, 6) is 1.98. The Labute approximate surface area is 156 Å². The van der Waals surface area contributed by atoms with Crippen LogP contribution in [0, 0.1) is 6.92 Å². The van der Waals surface area contributed by atoms with Crippen LogP contribution in [0.1, 0.15) is 29.5 Å². The lowest BCUT2D eigenvalue weighted by Crippen LogP contribution is -2.38. The third-order valence-corrected chi connectivity index (χ3v) is 4.80. The number of rotatable bonds is 5. The maximum absolute atomic E-state index is 4.52. The summed E-state index contributed by atoms with van der Waals surface area (Å²) >= 11 is 0. The fourth-order valence-electron chi connectivity index (χ4n) is 3.30. The summed E-state index contributed by atoms with van der Waals surface area (Å²) in [4.78, 5) is 13.5. The lowest BCUT2D eigenvalue weighted by atomic mass is 10.1. The van der Waals surface area contributed by atoms with E-state index in [0.29, 0.717) is 0 Å². The number of hydrogen-bond donors (Lipinski definition) is 1. The number of nitrogens with zero attached hydrogens (tertiary/aromatic N) is 4. The maximum atomic E-state index is 4.52. The molecule has 0 unspecified atom stereocenters. The van der Waals surface area contributed by atoms with Gasteiger partial charge in [-0.1, -0.05) is 29.8 Å². The van der Waals surface area contributed by atoms with Crippen molar-refractivity contribution < 1.29 is 0 Å². The van der Waals surface area contributed by atoms with Crippen LogP contribution in [0.5, 0.6) is 0 Å². The summed E-state index contributed by atoms with van der Waals surface area (Å²) in [5.41, 5.74) is 3.79. The van der Waals surface area contributed by atoms with E-state index in [1.54, 1.807) is 0 Å². The van der Waals surface area contributed by atoms with E-state index in [-0.39, 0.29) is 0 Å². The van der Waals surface area contributed by atoms with Crippen molar-refractivity contribution in [2.24, 2.45) is 4.99 Å². The normalized spacial score (nSPS) is 14.6. The largest absolute Gasteiger partial charge is 0.357 e. The van der Waals surface area contributed by atoms with E-state index >= 15 is 0 Å². The summed E-state index contributed by atoms with van der Waals surface area (Å²) in [7, 11) is 3.90. The number of benzene rings is 1. The molecule has 0 atom stereocenters. The highest BCUT2D eigenvalue weighted by Crippen LogP contribution is 2.18. The van der Waals surface area contributed by atoms with E-state index in [1.807, 2.05) is 13.2 Å². The van der Waals surface area contributed by atoms with Crippen molar-refractivity contribution in [1.29, 1.82) is 0 Å². The van der Waals surface area contributed by atoms with Gasteiger partial charge in [0.2, 0.25) is 0 Å². The highest BCUT2D eigenvalue weighted by Gasteiger charge is 2.14. The first-order valence-corrected chi connectivity index (χ1v) is 9.33. The SMILES string of the molecule is CN=C(NCc1ccnc(N2CCCC2)c1)N(C)Cc1ccc(C)cc1. The number of aryl methyl sites for hydroxylation is 1. The zero-order valence-corrected chi connectivity index (χ0v) is 16.1. The van der Waals surface area contributed by atoms with E-state index in [9.17, 15) is 0 Å². The predicted octanol–water partition coefficient (Wildman–Crippen LogP) is 3.20. The Morgan fingerprint density at radius 1 is 1.15 bits per heavy atom. The van der Waals surface area contributed by atoms with E-state index in [4.69, 9.17) is 0 Å². The maximum Gasteiger partial charge on any atom is 0.193 e. The van der Waals surface area contributed by atoms with Gasteiger partial charge >= 0.3 is 0 Å². The van der Waals surface area contributed by atoms with Crippen molar-refractivity contribution in [2.75, 3.05) is 32.1 Å². The topological polar surface area (TPSA) is 43.8 Å². The highest BCUT2D eigenvalue weighted by atomic mass is 15.3. The number of anilines is 1. The Balaban J connectivity index is 1.58. The van der Waals surface area contributed by atoms with Crippen LogP contribution < -0.4 is 10.2 Å². The number of nitrogens with one attached hydrogen (secondary N) is 1. The van der Waals surface area contributed by atoms with Crippen LogP contribution in [0.2, 0.25) is 0 Å². The molecule has 0 bridgehead atoms. The molecule has 0 saturated carbocycles. The van der Waals surface area contributed by atoms with Gasteiger partial charge in [-0.15, -0.1) is 0 Å². The Bertz CT molecular complexity index is 732. The average molecular weight is 351 g/mol. The number of pyridine rings is 1. The van der Waals surface area contributed by atoms with Gasteiger partial charge in [-0.05, 0) is 43.0 Å². The minimum Gasteiger partial charge on any atom is -0.357 e. The molecule has 0 radical (unpaired) electrons. The lowest BCUT2D eigenvalue weighted by Gasteiger charge is -2.23. The molecule has 1 N–H and O–H groups in total. The standard InChI is InChI=1S/C21H29N5/c1-17-6-8-18(9-7-17)16-25(3)21(22-2)24-15-19-10-11-23-20(14-19)26-12-4-5-13-26/h6-11,14H,4-5,12-13,15-16H2,1-3H3,(H,22,24). The van der Waals surface area contributed by atoms with Crippen LogP contribution in [0.3, 0.4) is 0 Å². The predicted molar refractivity (Wildman–Crippen MR) is 109 cm³/mol. The number of guanidine groups is 1. The van der Waals surface area contributed by atoms with Crippen molar-refractivity contribution in [3.63, 3.8) is 0 Å². The summed E-state index contributed by atoms with van der Waals surface area (Å²) in [6.07, 6.45) is 4.44. The first-order chi connectivity index (χ1) is 12.7. The molecule has 5 heteroatoms. The summed E-state index contributed by atoms with van der Waals surface area (Å²) in [6.45, 7) is 5.92. The van der Waals surface area contributed by atoms with Gasteiger partial charge in [0, 0.05) is 46.5 Å². The molecule has 2 heterocycles. The fraction of sp³-hybridized carbons (Fsp3) is 0.429. The Morgan fingerprint density at radius 2 is 1.88 bits per heavy atom. The molecule has 1 aliphatic rings. The Morgan fingerprint density at radius 3 is 2.58 bits per heavy atom. The Kier molecular flexibility index (Phi) is 6.10. The summed E-state index contributed by atoms with van der Waals surface area (Å²) < 4.78 is 0. The van der Waals surface area contributed by atoms with Gasteiger partial charge in [0.05, 0.1) is 0 Å². The van der Waals surface area contributed by atoms with Crippen LogP contribution in [0.25, 0.3) is 0 Å². The molecule has 26 heavy (non-hydrogen) atoms. The first kappa shape index (κ1) is 18.2. The molecule has 1 fully saturated rings. The van der Waals surface area contributed by atoms with Crippen molar-refractivity contribution in [3.05, 3.63) is 59.3 Å². The van der Waals surface area contributed by atoms with Crippen LogP contribution in [0.15, 0.2) is 47.6 Å². The van der Waals surface area contributed by atoms with Crippen LogP contribution in [0.4, 0.5) is 5.82 Å². The molecule has 1 aromatic heterocycles. The Hall–Kier alpha value is -2.56. The molecule has 0 aliphatic carbocycles. The van der Waals surface area contributed by atoms with Crippen LogP contribution >= 0.6 is 0 Å². The smallest absolute Gasteiger partial charge is 0.193 e. The fourth-order valence-corrected chi connectivity index (χ4v) is 3.30. The third-order valence-electron chi connectivity index (χ3n) is 4.80. The molecule has 1 saturated heterocycles. The minimum absolute atomic E-state index is 0.744. The van der Waals surface area contributed by atoms with E-state index in [2.05, 4.69) is 75.5 Å². The molecule has 0 spiro atoms. The van der Waals surface area contributed by atoms with E-state index in [1.165, 1.54) is 29.5 Å². The summed E-state index contributed by atoms with van der Waals surface area (Å²) in [5, 5.41) is 3.46. The first-order valence-electron chi connectivity index (χ1n) is 9.33. The molecule has 1 aromatic carbocycles. The van der Waals surface area contributed by atoms with Gasteiger partial charge in [-0.3, -0.25) is 4.99 Å². The van der Waals surface area contributed by atoms with Crippen molar-refractivity contribution in [2.45, 2.75) is 32.9 Å². The van der Waals surface area contributed by atoms with Gasteiger partial charge in [-0.25, -0.2) is 4.98 Å². The van der Waals surface area contributed by atoms with E-state index < -0.39 is 0 Å². The molecule has 5 nitrogen and oxygen atoms in total. The van der Waals surface area contributed by atoms with Crippen molar-refractivity contribution in [3.8, 4) is 0 Å². The second-order valence-electron chi connectivity index (χ2n) is 6.96. The molecule has 3 rings (SSSR count). The van der Waals surface area contributed by atoms with Crippen LogP contribution in [-0.2, 0) is 13.1 Å². The lowest BCUT2D eigenvalue weighted by molar-refractivity contribution is 0.476. The van der Waals surface area contributed by atoms with Crippen LogP contribution in [-0.4, -0.2) is 43.0 Å². The second kappa shape index (κ2) is 8.70. The highest BCUT2D eigenvalue weighted by molar-refractivity contribution is 5.79. The second-order valence-corrected chi connectivity index (χ2v) is 6.96. The third kappa shape index (κ3) is 4.75. The van der Waals surface area contributed by atoms with Gasteiger partial charge in [0.1, 0.15) is 5.82 Å². The molecular formula is C21H29N5. The zero-order valence-electron chi connectivity index (χ0n) is 16.1. The molecule has 1 aliphatic heterocycles. The quantitative estimate of drug-likeness (QED) is 0.664. The number of hydrogen-bond acceptors (Lipinski definition) is 3. The van der Waals surface area contributed by atoms with Crippen molar-refractivity contribution >= 4 is 11.8 Å². The van der Waals surface area contributed by atoms with Gasteiger partial charge in [0.25, 0.3) is 0 Å². The van der Waals surface area contributed by atoms with Crippen molar-refractivity contribution in [1.82, 2.24) is 15.2 Å². The number of aliphatic imine (C=N–C) groups is 1. The molecule has 2 aromatic rings. The number of aromatic nitrogens is 1. The van der Waals surface area contributed by atoms with Gasteiger partial charge in [-0.2, -0.15) is 0 Å². The molecule has 138 valence electrons. The molecule has 0 amide bonds. The van der Waals surface area contributed by atoms with E-state index in [0.717, 1.165) is 38.0 Å². The minimum atomic E-state index is 0.744. The van der Waals surface area contributed by atoms with Gasteiger partial charge < -0.3 is 15.1 Å². The average Bonchev–Trinajstić information content (AvgIpc) is 3.19. The van der Waals surface area contributed by atoms with Gasteiger partial charge in [0.15, 0.2) is 5.96 Å². The summed E-state index contributed by atoms with van der Waals surface area (Å²) in [6, 6.07) is 12.9. The zero-order chi connectivity index (χ0) is 18.4.